The van der Waals surface area contributed by atoms with E-state index in [1.165, 1.54) is 39.9 Å². The molecule has 206 valence electrons. The van der Waals surface area contributed by atoms with Gasteiger partial charge in [-0.1, -0.05) is 93.5 Å². The van der Waals surface area contributed by atoms with Crippen LogP contribution in [0.4, 0.5) is 5.69 Å². The molecule has 4 heteroatoms. The number of fused-ring (bicyclic) bond motifs is 2. The van der Waals surface area contributed by atoms with Gasteiger partial charge in [0.1, 0.15) is 5.75 Å². The Bertz CT molecular complexity index is 1110. The Labute approximate surface area is 289 Å². The molecule has 0 aromatic heterocycles. The van der Waals surface area contributed by atoms with E-state index in [0.717, 1.165) is 30.9 Å². The van der Waals surface area contributed by atoms with Crippen molar-refractivity contribution in [2.75, 3.05) is 18.5 Å². The van der Waals surface area contributed by atoms with Gasteiger partial charge in [-0.05, 0) is 51.6 Å². The summed E-state index contributed by atoms with van der Waals surface area (Å²) in [6.07, 6.45) is 2.25. The van der Waals surface area contributed by atoms with E-state index in [4.69, 9.17) is 4.74 Å². The first kappa shape index (κ1) is 36.5. The predicted molar refractivity (Wildman–Crippen MR) is 159 cm³/mol. The molecule has 0 fully saturated rings. The fourth-order valence-electron chi connectivity index (χ4n) is 4.28. The quantitative estimate of drug-likeness (QED) is 0.241. The molecule has 0 bridgehead atoms. The van der Waals surface area contributed by atoms with Gasteiger partial charge in [0.15, 0.2) is 0 Å². The van der Waals surface area contributed by atoms with Crippen LogP contribution in [0.1, 0.15) is 95.7 Å². The van der Waals surface area contributed by atoms with Gasteiger partial charge in [0.25, 0.3) is 0 Å². The van der Waals surface area contributed by atoms with Gasteiger partial charge >= 0.3 is 0 Å². The van der Waals surface area contributed by atoms with Crippen molar-refractivity contribution in [1.29, 1.82) is 0 Å². The molecule has 2 aliphatic heterocycles. The van der Waals surface area contributed by atoms with Crippen molar-refractivity contribution in [3.63, 3.8) is 0 Å². The summed E-state index contributed by atoms with van der Waals surface area (Å²) in [5.74, 6) is 1.09. The molecule has 3 aromatic carbocycles. The van der Waals surface area contributed by atoms with Gasteiger partial charge in [-0.3, -0.25) is 23.3 Å². The number of aryl methyl sites for hydroxylation is 1. The van der Waals surface area contributed by atoms with Gasteiger partial charge in [-0.25, -0.2) is 0 Å². The minimum atomic E-state index is 0. The van der Waals surface area contributed by atoms with Crippen LogP contribution in [-0.2, 0) is 94.5 Å². The summed E-state index contributed by atoms with van der Waals surface area (Å²) < 4.78 is 5.53. The van der Waals surface area contributed by atoms with E-state index < -0.39 is 0 Å². The van der Waals surface area contributed by atoms with Crippen molar-refractivity contribution in [3.8, 4) is 5.75 Å². The number of anilines is 1. The Morgan fingerprint density at radius 3 is 1.72 bits per heavy atom. The maximum atomic E-state index is 5.53. The van der Waals surface area contributed by atoms with Crippen LogP contribution >= 0.6 is 0 Å². The Balaban J connectivity index is 0.000000287. The molecular weight excluding hydrogens is 628 g/mol. The van der Waals surface area contributed by atoms with Crippen molar-refractivity contribution in [2.45, 2.75) is 98.3 Å². The van der Waals surface area contributed by atoms with Crippen molar-refractivity contribution in [3.05, 3.63) is 94.0 Å². The molecule has 2 heterocycles. The Morgan fingerprint density at radius 2 is 1.18 bits per heavy atom. The summed E-state index contributed by atoms with van der Waals surface area (Å²) in [5, 5.41) is 3.41. The van der Waals surface area contributed by atoms with Gasteiger partial charge < -0.3 is 22.2 Å². The van der Waals surface area contributed by atoms with Gasteiger partial charge in [0.05, 0.1) is 6.61 Å². The summed E-state index contributed by atoms with van der Waals surface area (Å²) in [7, 11) is 0. The molecule has 2 radical (unpaired) electrons. The normalized spacial score (nSPS) is 13.5. The predicted octanol–water partition coefficient (Wildman–Crippen LogP) is 8.76. The van der Waals surface area contributed by atoms with Crippen molar-refractivity contribution < 1.29 is 70.2 Å². The van der Waals surface area contributed by atoms with Gasteiger partial charge in [-0.2, -0.15) is 0 Å². The first-order valence-corrected chi connectivity index (χ1v) is 13.7. The third-order valence-electron chi connectivity index (χ3n) is 7.00. The van der Waals surface area contributed by atoms with Crippen molar-refractivity contribution in [2.24, 2.45) is 0 Å². The summed E-state index contributed by atoms with van der Waals surface area (Å²) in [5.41, 5.74) is 10.0. The van der Waals surface area contributed by atoms with Crippen LogP contribution in [0.3, 0.4) is 0 Å². The second kappa shape index (κ2) is 15.1. The molecule has 5 rings (SSSR count). The van der Waals surface area contributed by atoms with E-state index in [9.17, 15) is 0 Å². The summed E-state index contributed by atoms with van der Waals surface area (Å²) >= 11 is 0. The standard InChI is InChI=1S/C12H17N.C12H16O.C11H14.2Y/c2*1-12(2,3)10-5-4-9-6-7-13-11(9)8-10;1-9-5-7-10(8-6-9)11(2,3)4;;/h4-5,8,13H,6-7H2,1-3H3;4-5,8H,6-7H2,1-3H3;7-8H,1-4H3;;/q;;-2;;. The average molecular weight is 676 g/mol. The first-order valence-electron chi connectivity index (χ1n) is 13.7. The molecule has 2 nitrogen and oxygen atoms in total. The summed E-state index contributed by atoms with van der Waals surface area (Å²) in [4.78, 5) is 0. The molecule has 1 N–H and O–H groups in total. The molecule has 39 heavy (non-hydrogen) atoms. The fourth-order valence-corrected chi connectivity index (χ4v) is 4.28. The molecule has 2 aliphatic rings. The molecule has 0 atom stereocenters. The smallest absolute Gasteiger partial charge is 0.122 e. The number of benzene rings is 3. The third-order valence-corrected chi connectivity index (χ3v) is 7.00. The van der Waals surface area contributed by atoms with Crippen LogP contribution in [-0.4, -0.2) is 13.2 Å². The molecule has 0 amide bonds. The molecule has 0 saturated heterocycles. The van der Waals surface area contributed by atoms with Gasteiger partial charge in [0.2, 0.25) is 0 Å². The minimum Gasteiger partial charge on any atom is -0.493 e. The summed E-state index contributed by atoms with van der Waals surface area (Å²) in [6.45, 7) is 24.0. The SMILES string of the molecule is CC(C)(C)c1ccc2c(c1)NCC2.CC(C)(C)c1ccc2c(c1)OCC2.Cc1[c-]cc(C(C)(C)C)c[c-]1.[Y].[Y]. The molecule has 3 aromatic rings. The molecule has 0 unspecified atom stereocenters. The molecule has 0 saturated carbocycles. The van der Waals surface area contributed by atoms with Crippen LogP contribution in [0.15, 0.2) is 48.5 Å². The Morgan fingerprint density at radius 1 is 0.667 bits per heavy atom. The number of nitrogens with one attached hydrogen (secondary N) is 1. The zero-order valence-electron chi connectivity index (χ0n) is 26.0. The van der Waals surface area contributed by atoms with Crippen LogP contribution in [0.5, 0.6) is 5.75 Å². The first-order chi connectivity index (χ1) is 17.1. The summed E-state index contributed by atoms with van der Waals surface area (Å²) in [6, 6.07) is 23.8. The van der Waals surface area contributed by atoms with E-state index in [1.807, 2.05) is 19.1 Å². The van der Waals surface area contributed by atoms with Crippen molar-refractivity contribution in [1.82, 2.24) is 0 Å². The zero-order chi connectivity index (χ0) is 27.4. The monoisotopic (exact) mass is 675 g/mol. The van der Waals surface area contributed by atoms with E-state index in [2.05, 4.69) is 116 Å². The second-order valence-corrected chi connectivity index (χ2v) is 13.4. The van der Waals surface area contributed by atoms with Crippen LogP contribution < -0.4 is 10.1 Å². The fraction of sp³-hybridized carbons (Fsp3) is 0.486. The van der Waals surface area contributed by atoms with E-state index >= 15 is 0 Å². The van der Waals surface area contributed by atoms with Gasteiger partial charge in [0, 0.05) is 84.1 Å². The number of hydrogen-bond acceptors (Lipinski definition) is 2. The number of hydrogen-bond donors (Lipinski definition) is 1. The molecule has 0 spiro atoms. The Hall–Kier alpha value is -0.532. The zero-order valence-corrected chi connectivity index (χ0v) is 31.7. The Kier molecular flexibility index (Phi) is 14.1. The maximum Gasteiger partial charge on any atom is 0.122 e. The molecule has 0 aliphatic carbocycles. The maximum absolute atomic E-state index is 5.53. The van der Waals surface area contributed by atoms with Crippen LogP contribution in [0.25, 0.3) is 0 Å². The topological polar surface area (TPSA) is 21.3 Å². The van der Waals surface area contributed by atoms with Crippen molar-refractivity contribution >= 4 is 5.69 Å². The number of rotatable bonds is 0. The van der Waals surface area contributed by atoms with Gasteiger partial charge in [-0.15, -0.1) is 5.41 Å². The molecular formula is C35H47NOY2-2. The second-order valence-electron chi connectivity index (χ2n) is 13.4. The van der Waals surface area contributed by atoms with E-state index in [0.29, 0.717) is 0 Å². The third kappa shape index (κ3) is 11.0. The largest absolute Gasteiger partial charge is 0.493 e. The van der Waals surface area contributed by atoms with Crippen LogP contribution in [0, 0.1) is 19.1 Å². The van der Waals surface area contributed by atoms with E-state index in [1.54, 1.807) is 0 Å². The minimum absolute atomic E-state index is 0. The van der Waals surface area contributed by atoms with Crippen LogP contribution in [0.2, 0.25) is 0 Å². The average Bonchev–Trinajstić information content (AvgIpc) is 3.47. The van der Waals surface area contributed by atoms with E-state index in [-0.39, 0.29) is 81.7 Å². The number of ether oxygens (including phenoxy) is 1.